The molecule has 1 aliphatic carbocycles. The van der Waals surface area contributed by atoms with Crippen molar-refractivity contribution in [2.24, 2.45) is 5.92 Å². The van der Waals surface area contributed by atoms with Crippen molar-refractivity contribution in [1.82, 2.24) is 0 Å². The molecule has 0 amide bonds. The van der Waals surface area contributed by atoms with Gasteiger partial charge in [0.1, 0.15) is 11.6 Å². The van der Waals surface area contributed by atoms with Gasteiger partial charge in [-0.2, -0.15) is 0 Å². The van der Waals surface area contributed by atoms with Gasteiger partial charge < -0.3 is 0 Å². The van der Waals surface area contributed by atoms with Crippen LogP contribution >= 0.6 is 0 Å². The topological polar surface area (TPSA) is 34.1 Å². The molecule has 0 aromatic heterocycles. The van der Waals surface area contributed by atoms with Crippen molar-refractivity contribution in [2.45, 2.75) is 19.8 Å². The summed E-state index contributed by atoms with van der Waals surface area (Å²) in [4.78, 5) is 21.0. The molecule has 0 aliphatic heterocycles. The predicted octanol–water partition coefficient (Wildman–Crippen LogP) is 0.554. The van der Waals surface area contributed by atoms with Crippen LogP contribution in [0.25, 0.3) is 0 Å². The molecule has 8 heavy (non-hydrogen) atoms. The first-order chi connectivity index (χ1) is 3.70. The molecule has 1 fully saturated rings. The van der Waals surface area contributed by atoms with E-state index in [1.54, 1.807) is 6.92 Å². The Morgan fingerprint density at radius 1 is 1.50 bits per heavy atom. The van der Waals surface area contributed by atoms with Gasteiger partial charge in [0.2, 0.25) is 0 Å². The van der Waals surface area contributed by atoms with Crippen molar-refractivity contribution in [1.29, 1.82) is 0 Å². The lowest BCUT2D eigenvalue weighted by atomic mass is 10.1. The van der Waals surface area contributed by atoms with Crippen LogP contribution < -0.4 is 0 Å². The van der Waals surface area contributed by atoms with Crippen molar-refractivity contribution in [3.8, 4) is 0 Å². The molecule has 1 atom stereocenters. The van der Waals surface area contributed by atoms with Crippen molar-refractivity contribution >= 4 is 11.6 Å². The van der Waals surface area contributed by atoms with Crippen LogP contribution in [0.5, 0.6) is 0 Å². The zero-order valence-electron chi connectivity index (χ0n) is 4.81. The van der Waals surface area contributed by atoms with Gasteiger partial charge in [0.25, 0.3) is 0 Å². The van der Waals surface area contributed by atoms with Crippen LogP contribution in [0.2, 0.25) is 0 Å². The van der Waals surface area contributed by atoms with E-state index in [0.29, 0.717) is 6.42 Å². The van der Waals surface area contributed by atoms with E-state index >= 15 is 0 Å². The van der Waals surface area contributed by atoms with Gasteiger partial charge in [-0.1, -0.05) is 6.92 Å². The standard InChI is InChI=1S/C6H8O2/c1-4-2-5(7)3-6(4)8/h4H,2-3H2,1H3/t4-/m1/s1. The van der Waals surface area contributed by atoms with E-state index in [-0.39, 0.29) is 23.9 Å². The lowest BCUT2D eigenvalue weighted by molar-refractivity contribution is -0.122. The van der Waals surface area contributed by atoms with Crippen molar-refractivity contribution in [3.63, 3.8) is 0 Å². The van der Waals surface area contributed by atoms with Crippen LogP contribution in [-0.4, -0.2) is 11.6 Å². The third-order valence-electron chi connectivity index (χ3n) is 1.45. The fourth-order valence-corrected chi connectivity index (χ4v) is 0.896. The Morgan fingerprint density at radius 3 is 2.25 bits per heavy atom. The van der Waals surface area contributed by atoms with Crippen LogP contribution in [0, 0.1) is 5.92 Å². The number of rotatable bonds is 0. The van der Waals surface area contributed by atoms with Gasteiger partial charge in [-0.3, -0.25) is 9.59 Å². The summed E-state index contributed by atoms with van der Waals surface area (Å²) >= 11 is 0. The Morgan fingerprint density at radius 2 is 2.12 bits per heavy atom. The first kappa shape index (κ1) is 5.48. The zero-order chi connectivity index (χ0) is 6.15. The highest BCUT2D eigenvalue weighted by atomic mass is 16.2. The summed E-state index contributed by atoms with van der Waals surface area (Å²) < 4.78 is 0. The maximum Gasteiger partial charge on any atom is 0.143 e. The Bertz CT molecular complexity index is 137. The van der Waals surface area contributed by atoms with E-state index in [0.717, 1.165) is 0 Å². The first-order valence-electron chi connectivity index (χ1n) is 2.74. The van der Waals surface area contributed by atoms with Crippen molar-refractivity contribution in [2.75, 3.05) is 0 Å². The number of hydrogen-bond donors (Lipinski definition) is 0. The number of carbonyl (C=O) groups excluding carboxylic acids is 2. The second-order valence-electron chi connectivity index (χ2n) is 2.29. The minimum absolute atomic E-state index is 0.00231. The Kier molecular flexibility index (Phi) is 1.16. The third-order valence-corrected chi connectivity index (χ3v) is 1.45. The summed E-state index contributed by atoms with van der Waals surface area (Å²) in [7, 11) is 0. The maximum absolute atomic E-state index is 10.6. The van der Waals surface area contributed by atoms with E-state index in [2.05, 4.69) is 0 Å². The summed E-state index contributed by atoms with van der Waals surface area (Å²) in [5, 5.41) is 0. The number of hydrogen-bond acceptors (Lipinski definition) is 2. The van der Waals surface area contributed by atoms with Crippen LogP contribution in [0.15, 0.2) is 0 Å². The van der Waals surface area contributed by atoms with E-state index in [1.165, 1.54) is 0 Å². The van der Waals surface area contributed by atoms with Crippen LogP contribution in [-0.2, 0) is 9.59 Å². The molecule has 1 rings (SSSR count). The minimum Gasteiger partial charge on any atom is -0.299 e. The molecular formula is C6H8O2. The van der Waals surface area contributed by atoms with Gasteiger partial charge in [-0.05, 0) is 0 Å². The highest BCUT2D eigenvalue weighted by Crippen LogP contribution is 2.16. The monoisotopic (exact) mass is 112 g/mol. The molecule has 1 aliphatic rings. The molecule has 0 aromatic carbocycles. The SMILES string of the molecule is C[C@@H]1CC(=O)CC1=O. The summed E-state index contributed by atoms with van der Waals surface area (Å²) in [5.41, 5.74) is 0. The van der Waals surface area contributed by atoms with Gasteiger partial charge in [0.15, 0.2) is 0 Å². The molecule has 0 unspecified atom stereocenters. The molecule has 0 radical (unpaired) electrons. The average Bonchev–Trinajstić information content (AvgIpc) is 1.85. The van der Waals surface area contributed by atoms with E-state index in [9.17, 15) is 9.59 Å². The van der Waals surface area contributed by atoms with Gasteiger partial charge in [-0.25, -0.2) is 0 Å². The molecule has 1 saturated carbocycles. The molecule has 0 N–H and O–H groups in total. The highest BCUT2D eigenvalue weighted by Gasteiger charge is 2.26. The Balaban J connectivity index is 2.64. The Labute approximate surface area is 47.9 Å². The second kappa shape index (κ2) is 1.69. The zero-order valence-corrected chi connectivity index (χ0v) is 4.81. The molecule has 0 heterocycles. The normalized spacial score (nSPS) is 29.4. The molecule has 0 bridgehead atoms. The highest BCUT2D eigenvalue weighted by molar-refractivity contribution is 6.06. The molecule has 44 valence electrons. The minimum atomic E-state index is 0.00231. The average molecular weight is 112 g/mol. The number of carbonyl (C=O) groups is 2. The van der Waals surface area contributed by atoms with Crippen molar-refractivity contribution < 1.29 is 9.59 Å². The second-order valence-corrected chi connectivity index (χ2v) is 2.29. The first-order valence-corrected chi connectivity index (χ1v) is 2.74. The molecule has 2 nitrogen and oxygen atoms in total. The van der Waals surface area contributed by atoms with E-state index in [4.69, 9.17) is 0 Å². The van der Waals surface area contributed by atoms with Crippen LogP contribution in [0.1, 0.15) is 19.8 Å². The fourth-order valence-electron chi connectivity index (χ4n) is 0.896. The number of ketones is 2. The predicted molar refractivity (Wildman–Crippen MR) is 28.4 cm³/mol. The van der Waals surface area contributed by atoms with Crippen LogP contribution in [0.4, 0.5) is 0 Å². The largest absolute Gasteiger partial charge is 0.299 e. The fraction of sp³-hybridized carbons (Fsp3) is 0.667. The smallest absolute Gasteiger partial charge is 0.143 e. The summed E-state index contributed by atoms with van der Waals surface area (Å²) in [6.07, 6.45) is 0.653. The summed E-state index contributed by atoms with van der Waals surface area (Å²) in [5.74, 6) is 0.208. The molecule has 0 aromatic rings. The van der Waals surface area contributed by atoms with E-state index < -0.39 is 0 Å². The summed E-state index contributed by atoms with van der Waals surface area (Å²) in [6.45, 7) is 1.80. The molecule has 2 heteroatoms. The number of Topliss-reactive ketones (excluding diaryl/α,β-unsaturated/α-hetero) is 2. The molecular weight excluding hydrogens is 104 g/mol. The van der Waals surface area contributed by atoms with Gasteiger partial charge in [0.05, 0.1) is 6.42 Å². The summed E-state index contributed by atoms with van der Waals surface area (Å²) in [6, 6.07) is 0. The quantitative estimate of drug-likeness (QED) is 0.429. The lowest BCUT2D eigenvalue weighted by Gasteiger charge is -1.89. The van der Waals surface area contributed by atoms with Gasteiger partial charge >= 0.3 is 0 Å². The lowest BCUT2D eigenvalue weighted by Crippen LogP contribution is -1.98. The van der Waals surface area contributed by atoms with Crippen molar-refractivity contribution in [3.05, 3.63) is 0 Å². The molecule has 0 saturated heterocycles. The molecule has 0 spiro atoms. The third kappa shape index (κ3) is 0.782. The van der Waals surface area contributed by atoms with Crippen LogP contribution in [0.3, 0.4) is 0 Å². The Hall–Kier alpha value is -0.660. The van der Waals surface area contributed by atoms with Gasteiger partial charge in [-0.15, -0.1) is 0 Å². The maximum atomic E-state index is 10.6. The van der Waals surface area contributed by atoms with Gasteiger partial charge in [0, 0.05) is 12.3 Å². The van der Waals surface area contributed by atoms with E-state index in [1.807, 2.05) is 0 Å².